The van der Waals surface area contributed by atoms with E-state index in [2.05, 4.69) is 10.8 Å². The number of esters is 1. The zero-order valence-corrected chi connectivity index (χ0v) is 23.5. The van der Waals surface area contributed by atoms with Gasteiger partial charge in [-0.15, -0.1) is 0 Å². The summed E-state index contributed by atoms with van der Waals surface area (Å²) >= 11 is 0. The molecule has 6 nitrogen and oxygen atoms in total. The van der Waals surface area contributed by atoms with E-state index >= 15 is 8.78 Å². The van der Waals surface area contributed by atoms with Gasteiger partial charge in [-0.3, -0.25) is 4.18 Å². The molecule has 0 spiro atoms. The lowest BCUT2D eigenvalue weighted by molar-refractivity contribution is -0.137. The van der Waals surface area contributed by atoms with Crippen LogP contribution >= 0.6 is 0 Å². The molecule has 2 aromatic carbocycles. The van der Waals surface area contributed by atoms with E-state index in [0.717, 1.165) is 11.6 Å². The van der Waals surface area contributed by atoms with Crippen LogP contribution in [-0.4, -0.2) is 39.7 Å². The maximum atomic E-state index is 16.0. The monoisotopic (exact) mass is 614 g/mol. The highest BCUT2D eigenvalue weighted by atomic mass is 32.2. The van der Waals surface area contributed by atoms with Crippen LogP contribution in [0, 0.1) is 0 Å². The fraction of sp³-hybridized carbons (Fsp3) is 0.367. The van der Waals surface area contributed by atoms with Gasteiger partial charge in [0.15, 0.2) is 5.67 Å². The Kier molecular flexibility index (Phi) is 11.5. The Labute approximate surface area is 241 Å². The van der Waals surface area contributed by atoms with Crippen LogP contribution in [0.3, 0.4) is 0 Å². The van der Waals surface area contributed by atoms with E-state index in [1.54, 1.807) is 42.5 Å². The first-order valence-electron chi connectivity index (χ1n) is 13.2. The van der Waals surface area contributed by atoms with Crippen molar-refractivity contribution in [2.24, 2.45) is 0 Å². The molecule has 1 atom stereocenters. The minimum Gasteiger partial charge on any atom is -0.494 e. The number of aryl methyl sites for hydroxylation is 1. The van der Waals surface area contributed by atoms with Gasteiger partial charge in [-0.2, -0.15) is 21.6 Å². The van der Waals surface area contributed by atoms with Crippen molar-refractivity contribution in [3.63, 3.8) is 0 Å². The molecule has 0 aliphatic heterocycles. The molecule has 0 fully saturated rings. The average Bonchev–Trinajstić information content (AvgIpc) is 2.96. The molecule has 0 amide bonds. The van der Waals surface area contributed by atoms with Crippen LogP contribution in [0.5, 0.6) is 5.75 Å². The lowest BCUT2D eigenvalue weighted by Crippen LogP contribution is -2.25. The minimum atomic E-state index is -5.61. The van der Waals surface area contributed by atoms with Crippen molar-refractivity contribution < 1.29 is 48.8 Å². The van der Waals surface area contributed by atoms with Gasteiger partial charge in [0, 0.05) is 18.1 Å². The summed E-state index contributed by atoms with van der Waals surface area (Å²) in [7, 11) is -5.61. The SMILES string of the molecule is C=CC(=O)OCCCCOc1ccc(C2(F)CC=CC(c3ccc(CCCCOS(=O)(=O)C(F)(F)F)cc3)=C2F)cc1. The highest BCUT2D eigenvalue weighted by Gasteiger charge is 2.47. The largest absolute Gasteiger partial charge is 0.523 e. The summed E-state index contributed by atoms with van der Waals surface area (Å²) < 4.78 is 105. The van der Waals surface area contributed by atoms with Crippen LogP contribution in [-0.2, 0) is 35.9 Å². The minimum absolute atomic E-state index is 0.0843. The summed E-state index contributed by atoms with van der Waals surface area (Å²) in [5.74, 6) is -0.924. The predicted octanol–water partition coefficient (Wildman–Crippen LogP) is 7.27. The van der Waals surface area contributed by atoms with E-state index in [-0.39, 0.29) is 30.6 Å². The number of hydrogen-bond donors (Lipinski definition) is 0. The Morgan fingerprint density at radius 3 is 2.24 bits per heavy atom. The Morgan fingerprint density at radius 2 is 1.60 bits per heavy atom. The molecule has 0 radical (unpaired) electrons. The van der Waals surface area contributed by atoms with Gasteiger partial charge in [0.05, 0.1) is 19.8 Å². The zero-order chi connectivity index (χ0) is 30.8. The van der Waals surface area contributed by atoms with E-state index in [0.29, 0.717) is 43.6 Å². The highest BCUT2D eigenvalue weighted by molar-refractivity contribution is 7.87. The van der Waals surface area contributed by atoms with Crippen LogP contribution in [0.15, 0.2) is 79.2 Å². The quantitative estimate of drug-likeness (QED) is 0.0525. The molecule has 0 saturated carbocycles. The molecule has 2 aromatic rings. The van der Waals surface area contributed by atoms with E-state index in [1.807, 2.05) is 0 Å². The number of unbranched alkanes of at least 4 members (excludes halogenated alkanes) is 2. The van der Waals surface area contributed by atoms with Crippen molar-refractivity contribution in [2.45, 2.75) is 49.7 Å². The molecule has 0 aromatic heterocycles. The standard InChI is InChI=1S/C30H31F5O6S/c1-2-27(36)40-20-6-5-19-39-25-16-14-24(15-17-25)29(32)18-7-9-26(28(29)31)23-12-10-22(11-13-23)8-3-4-21-41-42(37,38)30(33,34)35/h2,7,9-17H,1,3-6,8,18-21H2. The molecule has 0 N–H and O–H groups in total. The van der Waals surface area contributed by atoms with Gasteiger partial charge >= 0.3 is 21.6 Å². The summed E-state index contributed by atoms with van der Waals surface area (Å²) in [5, 5.41) is 0. The van der Waals surface area contributed by atoms with Gasteiger partial charge in [-0.25, -0.2) is 13.6 Å². The topological polar surface area (TPSA) is 78.9 Å². The normalized spacial score (nSPS) is 17.3. The van der Waals surface area contributed by atoms with Gasteiger partial charge in [-0.1, -0.05) is 55.1 Å². The highest BCUT2D eigenvalue weighted by Crippen LogP contribution is 2.45. The van der Waals surface area contributed by atoms with E-state index in [4.69, 9.17) is 9.47 Å². The Bertz CT molecular complexity index is 1380. The predicted molar refractivity (Wildman–Crippen MR) is 147 cm³/mol. The molecule has 1 unspecified atom stereocenters. The first kappa shape index (κ1) is 33.0. The molecule has 0 saturated heterocycles. The van der Waals surface area contributed by atoms with Crippen LogP contribution in [0.4, 0.5) is 22.0 Å². The molecule has 1 aliphatic carbocycles. The number of ether oxygens (including phenoxy) is 2. The van der Waals surface area contributed by atoms with Crippen molar-refractivity contribution in [3.05, 3.63) is 95.9 Å². The fourth-order valence-electron chi connectivity index (χ4n) is 4.14. The Balaban J connectivity index is 1.55. The lowest BCUT2D eigenvalue weighted by atomic mass is 9.83. The third-order valence-electron chi connectivity index (χ3n) is 6.44. The average molecular weight is 615 g/mol. The summed E-state index contributed by atoms with van der Waals surface area (Å²) in [5.41, 5.74) is -6.35. The van der Waals surface area contributed by atoms with Crippen molar-refractivity contribution in [1.29, 1.82) is 0 Å². The zero-order valence-electron chi connectivity index (χ0n) is 22.7. The van der Waals surface area contributed by atoms with Crippen molar-refractivity contribution >= 4 is 21.7 Å². The second kappa shape index (κ2) is 14.6. The summed E-state index contributed by atoms with van der Waals surface area (Å²) in [6, 6.07) is 12.7. The Morgan fingerprint density at radius 1 is 0.952 bits per heavy atom. The first-order valence-corrected chi connectivity index (χ1v) is 14.6. The first-order chi connectivity index (χ1) is 19.9. The number of allylic oxidation sites excluding steroid dienone is 4. The van der Waals surface area contributed by atoms with E-state index in [9.17, 15) is 26.4 Å². The molecular formula is C30H31F5O6S. The fourth-order valence-corrected chi connectivity index (χ4v) is 4.61. The van der Waals surface area contributed by atoms with Gasteiger partial charge in [0.2, 0.25) is 0 Å². The number of carbonyl (C=O) groups excluding carboxylic acids is 1. The molecule has 12 heteroatoms. The molecule has 0 bridgehead atoms. The molecule has 1 aliphatic rings. The molecule has 42 heavy (non-hydrogen) atoms. The number of carbonyl (C=O) groups is 1. The van der Waals surface area contributed by atoms with Crippen molar-refractivity contribution in [3.8, 4) is 5.75 Å². The van der Waals surface area contributed by atoms with Crippen LogP contribution in [0.25, 0.3) is 5.57 Å². The second-order valence-electron chi connectivity index (χ2n) is 9.46. The van der Waals surface area contributed by atoms with Crippen molar-refractivity contribution in [1.82, 2.24) is 0 Å². The Hall–Kier alpha value is -3.51. The maximum absolute atomic E-state index is 16.0. The van der Waals surface area contributed by atoms with E-state index in [1.165, 1.54) is 18.2 Å². The number of hydrogen-bond acceptors (Lipinski definition) is 6. The summed E-state index contributed by atoms with van der Waals surface area (Å²) in [6.07, 6.45) is 6.09. The van der Waals surface area contributed by atoms with Crippen LogP contribution in [0.2, 0.25) is 0 Å². The number of rotatable bonds is 15. The third kappa shape index (κ3) is 8.75. The van der Waals surface area contributed by atoms with Crippen LogP contribution < -0.4 is 4.74 Å². The maximum Gasteiger partial charge on any atom is 0.523 e. The van der Waals surface area contributed by atoms with Gasteiger partial charge in [-0.05, 0) is 60.9 Å². The van der Waals surface area contributed by atoms with Crippen molar-refractivity contribution in [2.75, 3.05) is 19.8 Å². The summed E-state index contributed by atoms with van der Waals surface area (Å²) in [4.78, 5) is 11.0. The number of alkyl halides is 4. The van der Waals surface area contributed by atoms with Crippen LogP contribution in [0.1, 0.15) is 48.8 Å². The third-order valence-corrected chi connectivity index (χ3v) is 7.49. The number of benzene rings is 2. The van der Waals surface area contributed by atoms with Gasteiger partial charge < -0.3 is 9.47 Å². The second-order valence-corrected chi connectivity index (χ2v) is 11.1. The van der Waals surface area contributed by atoms with Gasteiger partial charge in [0.1, 0.15) is 11.6 Å². The molecule has 3 rings (SSSR count). The number of halogens is 5. The van der Waals surface area contributed by atoms with E-state index < -0.39 is 39.7 Å². The molecule has 228 valence electrons. The lowest BCUT2D eigenvalue weighted by Gasteiger charge is -2.28. The van der Waals surface area contributed by atoms with Gasteiger partial charge in [0.25, 0.3) is 0 Å². The molecule has 0 heterocycles. The summed E-state index contributed by atoms with van der Waals surface area (Å²) in [6.45, 7) is 3.33. The smallest absolute Gasteiger partial charge is 0.494 e. The molecular weight excluding hydrogens is 583 g/mol.